The Bertz CT molecular complexity index is 1340. The van der Waals surface area contributed by atoms with Gasteiger partial charge in [-0.2, -0.15) is 4.99 Å². The number of methoxy groups -OCH3 is 1. The van der Waals surface area contributed by atoms with Crippen LogP contribution in [0, 0.1) is 0 Å². The van der Waals surface area contributed by atoms with Gasteiger partial charge in [-0.15, -0.1) is 0 Å². The minimum absolute atomic E-state index is 0.0383. The number of sulfone groups is 1. The molecule has 3 rings (SSSR count). The van der Waals surface area contributed by atoms with Crippen LogP contribution in [0.1, 0.15) is 6.92 Å². The number of aromatic nitrogens is 1. The third kappa shape index (κ3) is 5.32. The number of carbonyl (C=O) groups is 2. The smallest absolute Gasteiger partial charge is 0.326 e. The van der Waals surface area contributed by atoms with Crippen LogP contribution in [0.25, 0.3) is 10.2 Å². The number of amides is 1. The molecule has 0 saturated carbocycles. The molecule has 1 heterocycles. The van der Waals surface area contributed by atoms with Gasteiger partial charge in [0.25, 0.3) is 5.91 Å². The van der Waals surface area contributed by atoms with Gasteiger partial charge in [0.2, 0.25) is 0 Å². The maximum absolute atomic E-state index is 12.6. The van der Waals surface area contributed by atoms with E-state index in [2.05, 4.69) is 4.99 Å². The quantitative estimate of drug-likeness (QED) is 0.445. The molecule has 0 unspecified atom stereocenters. The summed E-state index contributed by atoms with van der Waals surface area (Å²) in [7, 11) is -2.48. The van der Waals surface area contributed by atoms with Crippen molar-refractivity contribution in [3.8, 4) is 5.75 Å². The van der Waals surface area contributed by atoms with Gasteiger partial charge >= 0.3 is 5.97 Å². The Morgan fingerprint density at radius 1 is 1.09 bits per heavy atom. The van der Waals surface area contributed by atoms with Crippen LogP contribution in [0.15, 0.2) is 46.3 Å². The topological polar surface area (TPSA) is 104 Å². The van der Waals surface area contributed by atoms with Gasteiger partial charge in [-0.05, 0) is 43.3 Å². The van der Waals surface area contributed by atoms with E-state index in [0.717, 1.165) is 11.3 Å². The van der Waals surface area contributed by atoms with Crippen LogP contribution in [0.3, 0.4) is 0 Å². The highest BCUT2D eigenvalue weighted by molar-refractivity contribution is 7.92. The molecule has 0 aliphatic rings. The molecular formula is C20H18Cl2N2O6S2. The number of hydrogen-bond donors (Lipinski definition) is 0. The van der Waals surface area contributed by atoms with E-state index in [-0.39, 0.29) is 22.8 Å². The van der Waals surface area contributed by atoms with Crippen molar-refractivity contribution >= 4 is 66.5 Å². The molecule has 0 saturated heterocycles. The van der Waals surface area contributed by atoms with Gasteiger partial charge in [0.05, 0.1) is 38.9 Å². The molecule has 0 N–H and O–H groups in total. The minimum Gasteiger partial charge on any atom is -0.497 e. The van der Waals surface area contributed by atoms with Gasteiger partial charge in [0, 0.05) is 0 Å². The van der Waals surface area contributed by atoms with Gasteiger partial charge < -0.3 is 14.0 Å². The van der Waals surface area contributed by atoms with E-state index < -0.39 is 27.5 Å². The lowest BCUT2D eigenvalue weighted by atomic mass is 10.3. The fraction of sp³-hybridized carbons (Fsp3) is 0.250. The van der Waals surface area contributed by atoms with Gasteiger partial charge in [-0.1, -0.05) is 34.5 Å². The van der Waals surface area contributed by atoms with Crippen LogP contribution in [-0.2, 0) is 30.7 Å². The Balaban J connectivity index is 2.02. The summed E-state index contributed by atoms with van der Waals surface area (Å²) in [6.45, 7) is 1.56. The fourth-order valence-corrected chi connectivity index (χ4v) is 5.62. The van der Waals surface area contributed by atoms with Crippen LogP contribution in [0.5, 0.6) is 5.75 Å². The summed E-state index contributed by atoms with van der Waals surface area (Å²) in [6.07, 6.45) is 0. The number of hydrogen-bond acceptors (Lipinski definition) is 7. The zero-order chi connectivity index (χ0) is 23.5. The Labute approximate surface area is 197 Å². The largest absolute Gasteiger partial charge is 0.497 e. The minimum atomic E-state index is -3.94. The molecule has 0 radical (unpaired) electrons. The number of nitrogens with zero attached hydrogens (tertiary/aromatic N) is 2. The maximum Gasteiger partial charge on any atom is 0.326 e. The van der Waals surface area contributed by atoms with Crippen LogP contribution >= 0.6 is 34.5 Å². The van der Waals surface area contributed by atoms with E-state index in [1.165, 1.54) is 35.9 Å². The highest BCUT2D eigenvalue weighted by atomic mass is 35.5. The second-order valence-electron chi connectivity index (χ2n) is 6.42. The summed E-state index contributed by atoms with van der Waals surface area (Å²) in [4.78, 5) is 28.7. The van der Waals surface area contributed by atoms with E-state index in [0.29, 0.717) is 26.0 Å². The normalized spacial score (nSPS) is 12.2. The van der Waals surface area contributed by atoms with Gasteiger partial charge in [-0.3, -0.25) is 9.59 Å². The number of esters is 1. The Morgan fingerprint density at radius 3 is 2.38 bits per heavy atom. The molecule has 12 heteroatoms. The van der Waals surface area contributed by atoms with E-state index in [4.69, 9.17) is 32.7 Å². The fourth-order valence-electron chi connectivity index (χ4n) is 2.85. The third-order valence-electron chi connectivity index (χ3n) is 4.27. The first-order valence-electron chi connectivity index (χ1n) is 9.23. The second kappa shape index (κ2) is 10.0. The first-order valence-corrected chi connectivity index (χ1v) is 12.5. The number of ether oxygens (including phenoxy) is 2. The molecule has 32 heavy (non-hydrogen) atoms. The summed E-state index contributed by atoms with van der Waals surface area (Å²) in [5.74, 6) is -1.84. The van der Waals surface area contributed by atoms with Crippen molar-refractivity contribution in [2.45, 2.75) is 18.4 Å². The monoisotopic (exact) mass is 516 g/mol. The molecule has 0 atom stereocenters. The van der Waals surface area contributed by atoms with Crippen LogP contribution < -0.4 is 9.54 Å². The Morgan fingerprint density at radius 2 is 1.75 bits per heavy atom. The lowest BCUT2D eigenvalue weighted by Crippen LogP contribution is -2.24. The van der Waals surface area contributed by atoms with E-state index >= 15 is 0 Å². The molecule has 0 bridgehead atoms. The highest BCUT2D eigenvalue weighted by Gasteiger charge is 2.21. The number of carbonyl (C=O) groups excluding carboxylic acids is 2. The van der Waals surface area contributed by atoms with E-state index in [9.17, 15) is 18.0 Å². The number of rotatable bonds is 7. The average Bonchev–Trinajstić information content (AvgIpc) is 3.09. The molecule has 0 spiro atoms. The summed E-state index contributed by atoms with van der Waals surface area (Å²) in [5.41, 5.74) is 0.404. The molecule has 3 aromatic rings. The van der Waals surface area contributed by atoms with Crippen molar-refractivity contribution in [1.82, 2.24) is 4.57 Å². The highest BCUT2D eigenvalue weighted by Crippen LogP contribution is 2.32. The van der Waals surface area contributed by atoms with Crippen LogP contribution in [0.4, 0.5) is 0 Å². The van der Waals surface area contributed by atoms with Crippen molar-refractivity contribution in [2.24, 2.45) is 4.99 Å². The van der Waals surface area contributed by atoms with Crippen molar-refractivity contribution in [1.29, 1.82) is 0 Å². The van der Waals surface area contributed by atoms with Crippen LogP contribution in [0.2, 0.25) is 10.0 Å². The first-order chi connectivity index (χ1) is 15.2. The summed E-state index contributed by atoms with van der Waals surface area (Å²) < 4.78 is 37.1. The number of fused-ring (bicyclic) bond motifs is 1. The van der Waals surface area contributed by atoms with Crippen molar-refractivity contribution in [2.75, 3.05) is 19.5 Å². The Kier molecular flexibility index (Phi) is 7.60. The van der Waals surface area contributed by atoms with Gasteiger partial charge in [0.1, 0.15) is 18.0 Å². The first kappa shape index (κ1) is 24.2. The molecule has 0 aliphatic carbocycles. The van der Waals surface area contributed by atoms with Gasteiger partial charge in [0.15, 0.2) is 14.6 Å². The standard InChI is InChI=1S/C20H18Cl2N2O6S2/c1-3-30-17(26)10-24-18-14(21)8-9-15(22)19(18)31-20(24)23-16(25)11-32(27,28)13-6-4-12(29-2)5-7-13/h4-9H,3,10-11H2,1-2H3. The summed E-state index contributed by atoms with van der Waals surface area (Å²) in [6, 6.07) is 8.80. The van der Waals surface area contributed by atoms with E-state index in [1.54, 1.807) is 19.1 Å². The second-order valence-corrected chi connectivity index (χ2v) is 10.2. The third-order valence-corrected chi connectivity index (χ3v) is 7.73. The van der Waals surface area contributed by atoms with Crippen molar-refractivity contribution < 1.29 is 27.5 Å². The summed E-state index contributed by atoms with van der Waals surface area (Å²) >= 11 is 13.6. The zero-order valence-electron chi connectivity index (χ0n) is 17.0. The number of benzene rings is 2. The van der Waals surface area contributed by atoms with Gasteiger partial charge in [-0.25, -0.2) is 8.42 Å². The lowest BCUT2D eigenvalue weighted by Gasteiger charge is -2.07. The number of thiazole rings is 1. The molecular weight excluding hydrogens is 499 g/mol. The maximum atomic E-state index is 12.6. The number of halogens is 2. The van der Waals surface area contributed by atoms with Crippen LogP contribution in [-0.4, -0.2) is 44.3 Å². The molecule has 1 amide bonds. The van der Waals surface area contributed by atoms with Crippen molar-refractivity contribution in [3.63, 3.8) is 0 Å². The molecule has 0 aliphatic heterocycles. The summed E-state index contributed by atoms with van der Waals surface area (Å²) in [5, 5.41) is 0.650. The zero-order valence-corrected chi connectivity index (χ0v) is 20.1. The van der Waals surface area contributed by atoms with Crippen molar-refractivity contribution in [3.05, 3.63) is 51.2 Å². The molecule has 2 aromatic carbocycles. The molecule has 1 aromatic heterocycles. The SMILES string of the molecule is CCOC(=O)Cn1c(=NC(=O)CS(=O)(=O)c2ccc(OC)cc2)sc2c(Cl)ccc(Cl)c21. The van der Waals surface area contributed by atoms with E-state index in [1.807, 2.05) is 0 Å². The predicted octanol–water partition coefficient (Wildman–Crippen LogP) is 3.48. The Hall–Kier alpha value is -2.40. The average molecular weight is 517 g/mol. The molecule has 170 valence electrons. The predicted molar refractivity (Wildman–Crippen MR) is 122 cm³/mol. The molecule has 0 fully saturated rings. The molecule has 8 nitrogen and oxygen atoms in total. The lowest BCUT2D eigenvalue weighted by molar-refractivity contribution is -0.143.